The number of likely N-dealkylation sites (tertiary alicyclic amines) is 1. The lowest BCUT2D eigenvalue weighted by Gasteiger charge is -2.26. The Labute approximate surface area is 172 Å². The summed E-state index contributed by atoms with van der Waals surface area (Å²) in [5.41, 5.74) is 0. The number of aryl methyl sites for hydroxylation is 1. The second-order valence-electron chi connectivity index (χ2n) is 7.90. The van der Waals surface area contributed by atoms with Crippen LogP contribution in [0.15, 0.2) is 27.8 Å². The molecular weight excluding hydrogens is 366 g/mol. The third-order valence-electron chi connectivity index (χ3n) is 5.97. The number of furan rings is 1. The van der Waals surface area contributed by atoms with Gasteiger partial charge >= 0.3 is 0 Å². The van der Waals surface area contributed by atoms with E-state index < -0.39 is 0 Å². The van der Waals surface area contributed by atoms with Crippen molar-refractivity contribution in [3.8, 4) is 0 Å². The molecule has 1 fully saturated rings. The molecule has 0 saturated carbocycles. The zero-order valence-corrected chi connectivity index (χ0v) is 17.4. The van der Waals surface area contributed by atoms with Gasteiger partial charge in [-0.3, -0.25) is 9.89 Å². The summed E-state index contributed by atoms with van der Waals surface area (Å²) < 4.78 is 8.02. The van der Waals surface area contributed by atoms with E-state index in [1.807, 2.05) is 13.1 Å². The van der Waals surface area contributed by atoms with Crippen molar-refractivity contribution in [1.29, 1.82) is 0 Å². The Kier molecular flexibility index (Phi) is 6.82. The van der Waals surface area contributed by atoms with Gasteiger partial charge in [0.05, 0.1) is 12.3 Å². The summed E-state index contributed by atoms with van der Waals surface area (Å²) >= 11 is 0. The first-order chi connectivity index (χ1) is 14.3. The van der Waals surface area contributed by atoms with Crippen LogP contribution in [0.1, 0.15) is 55.6 Å². The van der Waals surface area contributed by atoms with Gasteiger partial charge in [-0.05, 0) is 50.9 Å². The highest BCUT2D eigenvalue weighted by Gasteiger charge is 2.25. The molecule has 2 aromatic heterocycles. The number of rotatable bonds is 7. The summed E-state index contributed by atoms with van der Waals surface area (Å²) in [6, 6.07) is 4.27. The molecule has 1 saturated heterocycles. The number of hydrogen-bond donors (Lipinski definition) is 2. The fourth-order valence-electron chi connectivity index (χ4n) is 4.38. The lowest BCUT2D eigenvalue weighted by atomic mass is 10.2. The van der Waals surface area contributed by atoms with Gasteiger partial charge in [0.1, 0.15) is 17.4 Å². The number of aliphatic imine (C=N–C) groups is 1. The van der Waals surface area contributed by atoms with E-state index >= 15 is 0 Å². The van der Waals surface area contributed by atoms with Crippen LogP contribution in [-0.4, -0.2) is 58.9 Å². The fourth-order valence-corrected chi connectivity index (χ4v) is 4.38. The smallest absolute Gasteiger partial charge is 0.191 e. The number of fused-ring (bicyclic) bond motifs is 1. The van der Waals surface area contributed by atoms with E-state index in [1.54, 1.807) is 6.26 Å². The molecule has 0 bridgehead atoms. The average molecular weight is 400 g/mol. The van der Waals surface area contributed by atoms with E-state index in [0.29, 0.717) is 0 Å². The van der Waals surface area contributed by atoms with E-state index in [4.69, 9.17) is 4.42 Å². The van der Waals surface area contributed by atoms with Gasteiger partial charge in [-0.2, -0.15) is 0 Å². The van der Waals surface area contributed by atoms with Gasteiger partial charge in [-0.15, -0.1) is 10.2 Å². The number of nitrogens with zero attached hydrogens (tertiary/aromatic N) is 5. The molecular formula is C21H33N7O. The lowest BCUT2D eigenvalue weighted by Crippen LogP contribution is -2.43. The van der Waals surface area contributed by atoms with Crippen LogP contribution in [0.3, 0.4) is 0 Å². The average Bonchev–Trinajstić information content (AvgIpc) is 3.49. The highest BCUT2D eigenvalue weighted by Crippen LogP contribution is 2.24. The standard InChI is InChI=1S/C21H33N7O/c1-22-21(23-11-10-20-26-25-19-9-3-2-4-14-28(19)20)24-16-17(18-8-7-15-29-18)27-12-5-6-13-27/h7-8,15,17H,2-6,9-14,16H2,1H3,(H2,22,23,24). The van der Waals surface area contributed by atoms with Gasteiger partial charge in [0.2, 0.25) is 0 Å². The monoisotopic (exact) mass is 399 g/mol. The molecule has 0 aromatic carbocycles. The summed E-state index contributed by atoms with van der Waals surface area (Å²) in [6.07, 6.45) is 9.90. The van der Waals surface area contributed by atoms with Crippen LogP contribution in [0.5, 0.6) is 0 Å². The van der Waals surface area contributed by atoms with Crippen molar-refractivity contribution < 1.29 is 4.42 Å². The van der Waals surface area contributed by atoms with Crippen LogP contribution in [0.2, 0.25) is 0 Å². The molecule has 8 heteroatoms. The molecule has 2 N–H and O–H groups in total. The van der Waals surface area contributed by atoms with Crippen molar-refractivity contribution in [2.75, 3.05) is 33.2 Å². The molecule has 1 unspecified atom stereocenters. The van der Waals surface area contributed by atoms with Crippen LogP contribution in [-0.2, 0) is 19.4 Å². The van der Waals surface area contributed by atoms with Gasteiger partial charge in [0.15, 0.2) is 5.96 Å². The zero-order chi connectivity index (χ0) is 19.9. The Hall–Kier alpha value is -2.35. The van der Waals surface area contributed by atoms with Crippen LogP contribution >= 0.6 is 0 Å². The van der Waals surface area contributed by atoms with Crippen molar-refractivity contribution in [3.63, 3.8) is 0 Å². The number of aromatic nitrogens is 3. The second-order valence-corrected chi connectivity index (χ2v) is 7.90. The summed E-state index contributed by atoms with van der Waals surface area (Å²) in [5, 5.41) is 15.7. The summed E-state index contributed by atoms with van der Waals surface area (Å²) in [7, 11) is 1.82. The minimum absolute atomic E-state index is 0.235. The van der Waals surface area contributed by atoms with Crippen molar-refractivity contribution in [1.82, 2.24) is 30.3 Å². The molecule has 0 radical (unpaired) electrons. The minimum Gasteiger partial charge on any atom is -0.468 e. The van der Waals surface area contributed by atoms with E-state index in [-0.39, 0.29) is 6.04 Å². The first-order valence-corrected chi connectivity index (χ1v) is 11.0. The van der Waals surface area contributed by atoms with Gasteiger partial charge in [0.25, 0.3) is 0 Å². The highest BCUT2D eigenvalue weighted by atomic mass is 16.3. The van der Waals surface area contributed by atoms with Crippen molar-refractivity contribution >= 4 is 5.96 Å². The zero-order valence-electron chi connectivity index (χ0n) is 17.4. The van der Waals surface area contributed by atoms with Gasteiger partial charge in [0, 0.05) is 39.5 Å². The largest absolute Gasteiger partial charge is 0.468 e. The molecule has 0 amide bonds. The van der Waals surface area contributed by atoms with Gasteiger partial charge in [-0.1, -0.05) is 6.42 Å². The normalized spacial score (nSPS) is 19.0. The third kappa shape index (κ3) is 4.98. The molecule has 158 valence electrons. The maximum absolute atomic E-state index is 5.71. The Balaban J connectivity index is 1.29. The quantitative estimate of drug-likeness (QED) is 0.548. The number of guanidine groups is 1. The maximum atomic E-state index is 5.71. The van der Waals surface area contributed by atoms with E-state index in [0.717, 1.165) is 68.9 Å². The van der Waals surface area contributed by atoms with E-state index in [1.165, 1.54) is 32.1 Å². The van der Waals surface area contributed by atoms with E-state index in [9.17, 15) is 0 Å². The Morgan fingerprint density at radius 1 is 1.14 bits per heavy atom. The van der Waals surface area contributed by atoms with Crippen molar-refractivity contribution in [3.05, 3.63) is 35.8 Å². The highest BCUT2D eigenvalue weighted by molar-refractivity contribution is 5.79. The molecule has 2 aliphatic rings. The topological polar surface area (TPSA) is 83.5 Å². The first-order valence-electron chi connectivity index (χ1n) is 11.0. The summed E-state index contributed by atoms with van der Waals surface area (Å²) in [4.78, 5) is 6.88. The first kappa shape index (κ1) is 19.9. The van der Waals surface area contributed by atoms with Crippen LogP contribution < -0.4 is 10.6 Å². The SMILES string of the molecule is CN=C(NCCc1nnc2n1CCCCC2)NCC(c1ccco1)N1CCCC1. The Morgan fingerprint density at radius 3 is 2.79 bits per heavy atom. The van der Waals surface area contributed by atoms with Crippen LogP contribution in [0, 0.1) is 0 Å². The van der Waals surface area contributed by atoms with Gasteiger partial charge in [-0.25, -0.2) is 0 Å². The Bertz CT molecular complexity index is 777. The third-order valence-corrected chi connectivity index (χ3v) is 5.97. The molecule has 4 rings (SSSR count). The molecule has 29 heavy (non-hydrogen) atoms. The summed E-state index contributed by atoms with van der Waals surface area (Å²) in [6.45, 7) is 4.85. The fraction of sp³-hybridized carbons (Fsp3) is 0.667. The lowest BCUT2D eigenvalue weighted by molar-refractivity contribution is 0.215. The molecule has 2 aliphatic heterocycles. The second kappa shape index (κ2) is 9.91. The number of hydrogen-bond acceptors (Lipinski definition) is 5. The van der Waals surface area contributed by atoms with E-state index in [2.05, 4.69) is 41.4 Å². The number of nitrogens with one attached hydrogen (secondary N) is 2. The summed E-state index contributed by atoms with van der Waals surface area (Å²) in [5.74, 6) is 4.06. The molecule has 0 spiro atoms. The van der Waals surface area contributed by atoms with Gasteiger partial charge < -0.3 is 19.6 Å². The Morgan fingerprint density at radius 2 is 2.00 bits per heavy atom. The molecule has 0 aliphatic carbocycles. The molecule has 8 nitrogen and oxygen atoms in total. The van der Waals surface area contributed by atoms with Crippen LogP contribution in [0.4, 0.5) is 0 Å². The minimum atomic E-state index is 0.235. The maximum Gasteiger partial charge on any atom is 0.191 e. The predicted octanol–water partition coefficient (Wildman–Crippen LogP) is 2.14. The molecule has 2 aromatic rings. The van der Waals surface area contributed by atoms with Crippen molar-refractivity contribution in [2.45, 2.75) is 57.5 Å². The molecule has 4 heterocycles. The predicted molar refractivity (Wildman–Crippen MR) is 113 cm³/mol. The van der Waals surface area contributed by atoms with Crippen molar-refractivity contribution in [2.24, 2.45) is 4.99 Å². The molecule has 1 atom stereocenters. The van der Waals surface area contributed by atoms with Crippen LogP contribution in [0.25, 0.3) is 0 Å².